The lowest BCUT2D eigenvalue weighted by atomic mass is 10.2. The molecule has 0 spiro atoms. The van der Waals surface area contributed by atoms with E-state index in [0.29, 0.717) is 10.4 Å². The van der Waals surface area contributed by atoms with Gasteiger partial charge in [-0.3, -0.25) is 4.79 Å². The number of ether oxygens (including phenoxy) is 3. The number of carbonyl (C=O) groups excluding carboxylic acids is 1. The van der Waals surface area contributed by atoms with Crippen LogP contribution in [0.15, 0.2) is 41.4 Å². The van der Waals surface area contributed by atoms with Crippen molar-refractivity contribution < 1.29 is 19.0 Å². The van der Waals surface area contributed by atoms with E-state index >= 15 is 0 Å². The molecule has 4 rings (SSSR count). The van der Waals surface area contributed by atoms with Gasteiger partial charge < -0.3 is 18.8 Å². The molecular weight excluding hydrogens is 376 g/mol. The first kappa shape index (κ1) is 18.6. The van der Waals surface area contributed by atoms with Gasteiger partial charge in [0.25, 0.3) is 5.91 Å². The molecule has 0 saturated carbocycles. The van der Waals surface area contributed by atoms with Gasteiger partial charge in [-0.15, -0.1) is 0 Å². The Bertz CT molecular complexity index is 1080. The van der Waals surface area contributed by atoms with Crippen molar-refractivity contribution in [2.45, 2.75) is 39.8 Å². The maximum Gasteiger partial charge on any atom is 0.279 e. The largest absolute Gasteiger partial charge is 0.491 e. The molecule has 0 atom stereocenters. The lowest BCUT2D eigenvalue weighted by molar-refractivity contribution is 0.0997. The molecule has 0 radical (unpaired) electrons. The van der Waals surface area contributed by atoms with E-state index in [0.717, 1.165) is 40.4 Å². The van der Waals surface area contributed by atoms with Crippen molar-refractivity contribution in [1.82, 2.24) is 4.57 Å². The summed E-state index contributed by atoms with van der Waals surface area (Å²) in [7, 11) is 0. The number of hydrogen-bond acceptors (Lipinski definition) is 5. The highest BCUT2D eigenvalue weighted by molar-refractivity contribution is 7.16. The fraction of sp³-hybridized carbons (Fsp3) is 0.333. The summed E-state index contributed by atoms with van der Waals surface area (Å²) in [6.07, 6.45) is 1.02. The van der Waals surface area contributed by atoms with Gasteiger partial charge in [0.2, 0.25) is 6.79 Å². The van der Waals surface area contributed by atoms with Gasteiger partial charge in [-0.2, -0.15) is 4.99 Å². The van der Waals surface area contributed by atoms with E-state index in [4.69, 9.17) is 14.2 Å². The highest BCUT2D eigenvalue weighted by Crippen LogP contribution is 2.37. The van der Waals surface area contributed by atoms with Gasteiger partial charge in [0.05, 0.1) is 16.3 Å². The Morgan fingerprint density at radius 3 is 2.61 bits per heavy atom. The van der Waals surface area contributed by atoms with Crippen molar-refractivity contribution in [2.24, 2.45) is 4.99 Å². The van der Waals surface area contributed by atoms with Crippen molar-refractivity contribution in [1.29, 1.82) is 0 Å². The third-order valence-electron chi connectivity index (χ3n) is 4.29. The fourth-order valence-electron chi connectivity index (χ4n) is 3.08. The number of thiazole rings is 1. The first-order valence-corrected chi connectivity index (χ1v) is 10.2. The predicted octanol–water partition coefficient (Wildman–Crippen LogP) is 4.37. The Morgan fingerprint density at radius 1 is 1.21 bits per heavy atom. The van der Waals surface area contributed by atoms with Gasteiger partial charge in [0, 0.05) is 24.2 Å². The van der Waals surface area contributed by atoms with Crippen molar-refractivity contribution in [3.63, 3.8) is 0 Å². The van der Waals surface area contributed by atoms with Crippen molar-refractivity contribution >= 4 is 27.5 Å². The summed E-state index contributed by atoms with van der Waals surface area (Å²) in [5, 5.41) is 0. The van der Waals surface area contributed by atoms with Crippen molar-refractivity contribution in [3.05, 3.63) is 46.8 Å². The maximum atomic E-state index is 12.7. The summed E-state index contributed by atoms with van der Waals surface area (Å²) in [6.45, 7) is 7.05. The van der Waals surface area contributed by atoms with Crippen LogP contribution in [0.2, 0.25) is 0 Å². The molecule has 1 aromatic heterocycles. The van der Waals surface area contributed by atoms with Crippen molar-refractivity contribution in [3.8, 4) is 17.2 Å². The second-order valence-corrected chi connectivity index (χ2v) is 7.83. The number of rotatable bonds is 5. The smallest absolute Gasteiger partial charge is 0.279 e. The van der Waals surface area contributed by atoms with Gasteiger partial charge in [-0.1, -0.05) is 18.3 Å². The Balaban J connectivity index is 1.71. The molecule has 0 saturated heterocycles. The molecule has 7 heteroatoms. The molecule has 2 aromatic carbocycles. The van der Waals surface area contributed by atoms with Crippen LogP contribution in [0, 0.1) is 0 Å². The van der Waals surface area contributed by atoms with E-state index < -0.39 is 0 Å². The van der Waals surface area contributed by atoms with Gasteiger partial charge in [-0.05, 0) is 44.5 Å². The van der Waals surface area contributed by atoms with E-state index in [2.05, 4.69) is 16.5 Å². The van der Waals surface area contributed by atoms with Crippen LogP contribution < -0.4 is 19.0 Å². The minimum Gasteiger partial charge on any atom is -0.491 e. The first-order chi connectivity index (χ1) is 13.5. The van der Waals surface area contributed by atoms with E-state index in [9.17, 15) is 4.79 Å². The molecule has 0 unspecified atom stereocenters. The van der Waals surface area contributed by atoms with Gasteiger partial charge in [-0.25, -0.2) is 0 Å². The quantitative estimate of drug-likeness (QED) is 0.640. The third-order valence-corrected chi connectivity index (χ3v) is 5.34. The minimum atomic E-state index is -0.271. The van der Waals surface area contributed by atoms with E-state index in [-0.39, 0.29) is 18.8 Å². The van der Waals surface area contributed by atoms with Crippen LogP contribution in [-0.2, 0) is 6.54 Å². The molecule has 0 bridgehead atoms. The molecule has 6 nitrogen and oxygen atoms in total. The van der Waals surface area contributed by atoms with E-state index in [1.165, 1.54) is 11.3 Å². The summed E-state index contributed by atoms with van der Waals surface area (Å²) in [6, 6.07) is 11.0. The van der Waals surface area contributed by atoms with Crippen LogP contribution in [0.1, 0.15) is 37.6 Å². The topological polar surface area (TPSA) is 62.1 Å². The molecule has 1 aliphatic rings. The normalized spacial score (nSPS) is 13.5. The predicted molar refractivity (Wildman–Crippen MR) is 108 cm³/mol. The molecule has 28 heavy (non-hydrogen) atoms. The molecule has 1 amide bonds. The number of fused-ring (bicyclic) bond motifs is 2. The highest BCUT2D eigenvalue weighted by atomic mass is 32.1. The molecule has 1 aliphatic heterocycles. The summed E-state index contributed by atoms with van der Waals surface area (Å²) >= 11 is 1.48. The Morgan fingerprint density at radius 2 is 1.93 bits per heavy atom. The molecule has 2 heterocycles. The number of benzene rings is 2. The average molecular weight is 398 g/mol. The lowest BCUT2D eigenvalue weighted by Crippen LogP contribution is -2.16. The average Bonchev–Trinajstić information content (AvgIpc) is 3.24. The van der Waals surface area contributed by atoms with Crippen LogP contribution in [0.5, 0.6) is 17.2 Å². The number of amides is 1. The Kier molecular flexibility index (Phi) is 5.09. The van der Waals surface area contributed by atoms with Crippen molar-refractivity contribution in [2.75, 3.05) is 6.79 Å². The molecule has 3 aromatic rings. The zero-order chi connectivity index (χ0) is 19.7. The summed E-state index contributed by atoms with van der Waals surface area (Å²) in [4.78, 5) is 17.8. The van der Waals surface area contributed by atoms with Crippen LogP contribution >= 0.6 is 11.3 Å². The van der Waals surface area contributed by atoms with Gasteiger partial charge in [0.1, 0.15) is 5.75 Å². The molecular formula is C21H22N2O4S. The molecule has 146 valence electrons. The minimum absolute atomic E-state index is 0.0902. The van der Waals surface area contributed by atoms with Crippen LogP contribution in [0.25, 0.3) is 10.2 Å². The first-order valence-electron chi connectivity index (χ1n) is 9.34. The molecule has 0 fully saturated rings. The second-order valence-electron chi connectivity index (χ2n) is 6.82. The summed E-state index contributed by atoms with van der Waals surface area (Å²) < 4.78 is 19.7. The van der Waals surface area contributed by atoms with Crippen LogP contribution in [0.4, 0.5) is 0 Å². The zero-order valence-corrected chi connectivity index (χ0v) is 16.9. The summed E-state index contributed by atoms with van der Waals surface area (Å²) in [5.41, 5.74) is 1.54. The SMILES string of the molecule is CCCn1c(=NC(=O)c2ccc(OC(C)C)cc2)sc2cc3c(cc21)OCO3. The van der Waals surface area contributed by atoms with E-state index in [1.54, 1.807) is 24.3 Å². The fourth-order valence-corrected chi connectivity index (χ4v) is 4.15. The number of nitrogens with zero attached hydrogens (tertiary/aromatic N) is 2. The lowest BCUT2D eigenvalue weighted by Gasteiger charge is -2.09. The number of hydrogen-bond donors (Lipinski definition) is 0. The Hall–Kier alpha value is -2.80. The number of carbonyl (C=O) groups is 1. The molecule has 0 N–H and O–H groups in total. The second kappa shape index (κ2) is 7.67. The Labute approximate surface area is 167 Å². The van der Waals surface area contributed by atoms with E-state index in [1.807, 2.05) is 26.0 Å². The van der Waals surface area contributed by atoms with Gasteiger partial charge in [0.15, 0.2) is 16.3 Å². The third kappa shape index (κ3) is 3.62. The monoisotopic (exact) mass is 398 g/mol. The van der Waals surface area contributed by atoms with Crippen LogP contribution in [0.3, 0.4) is 0 Å². The maximum absolute atomic E-state index is 12.7. The standard InChI is InChI=1S/C21H22N2O4S/c1-4-9-23-16-10-17-18(26-12-25-17)11-19(16)28-21(23)22-20(24)14-5-7-15(8-6-14)27-13(2)3/h5-8,10-11,13H,4,9,12H2,1-3H3. The zero-order valence-electron chi connectivity index (χ0n) is 16.1. The van der Waals surface area contributed by atoms with Gasteiger partial charge >= 0.3 is 0 Å². The van der Waals surface area contributed by atoms with Crippen LogP contribution in [-0.4, -0.2) is 23.4 Å². The highest BCUT2D eigenvalue weighted by Gasteiger charge is 2.18. The number of aryl methyl sites for hydroxylation is 1. The molecule has 0 aliphatic carbocycles. The number of aromatic nitrogens is 1. The summed E-state index contributed by atoms with van der Waals surface area (Å²) in [5.74, 6) is 1.93.